The van der Waals surface area contributed by atoms with E-state index in [-0.39, 0.29) is 23.2 Å². The largest absolute Gasteiger partial charge is 0.507 e. The summed E-state index contributed by atoms with van der Waals surface area (Å²) in [7, 11) is 3.15. The van der Waals surface area contributed by atoms with Crippen LogP contribution >= 0.6 is 0 Å². The number of carbonyl (C=O) groups is 2. The summed E-state index contributed by atoms with van der Waals surface area (Å²) in [5, 5.41) is 11.8. The molecule has 5 rings (SSSR count). The zero-order chi connectivity index (χ0) is 28.9. The van der Waals surface area contributed by atoms with Gasteiger partial charge in [0.1, 0.15) is 17.3 Å². The first-order valence-corrected chi connectivity index (χ1v) is 13.2. The van der Waals surface area contributed by atoms with E-state index in [0.717, 1.165) is 22.2 Å². The van der Waals surface area contributed by atoms with Crippen molar-refractivity contribution in [1.29, 1.82) is 0 Å². The number of H-pyrrole nitrogens is 1. The number of ether oxygens (including phenoxy) is 2. The molecule has 0 aliphatic carbocycles. The molecule has 8 nitrogen and oxygen atoms in total. The van der Waals surface area contributed by atoms with Gasteiger partial charge in [0, 0.05) is 5.56 Å². The van der Waals surface area contributed by atoms with Gasteiger partial charge < -0.3 is 19.6 Å². The number of amides is 1. The second kappa shape index (κ2) is 10.2. The predicted molar refractivity (Wildman–Crippen MR) is 155 cm³/mol. The third-order valence-electron chi connectivity index (χ3n) is 7.62. The zero-order valence-corrected chi connectivity index (χ0v) is 23.7. The van der Waals surface area contributed by atoms with E-state index in [0.29, 0.717) is 33.7 Å². The van der Waals surface area contributed by atoms with Gasteiger partial charge in [-0.3, -0.25) is 14.5 Å². The number of carbonyl (C=O) groups excluding carboxylic acids is 2. The van der Waals surface area contributed by atoms with Crippen molar-refractivity contribution in [1.82, 2.24) is 9.97 Å². The molecule has 2 N–H and O–H groups in total. The highest BCUT2D eigenvalue weighted by atomic mass is 16.5. The fourth-order valence-electron chi connectivity index (χ4n) is 5.27. The highest BCUT2D eigenvalue weighted by Crippen LogP contribution is 2.43. The molecule has 2 heterocycles. The SMILES string of the molecule is COc1cccc(C2/C(=C(\O)c3cc(C(C)C)c(OC)cc3C)C(=O)C(=O)N2c2nc3cc(C)c(C)cc3[nH]2)c1. The number of aliphatic hydroxyl groups excluding tert-OH is 1. The Bertz CT molecular complexity index is 1660. The Morgan fingerprint density at radius 3 is 2.38 bits per heavy atom. The van der Waals surface area contributed by atoms with Crippen LogP contribution in [0.25, 0.3) is 16.8 Å². The predicted octanol–water partition coefficient (Wildman–Crippen LogP) is 6.26. The average molecular weight is 540 g/mol. The van der Waals surface area contributed by atoms with E-state index < -0.39 is 17.7 Å². The Kier molecular flexibility index (Phi) is 6.87. The summed E-state index contributed by atoms with van der Waals surface area (Å²) in [4.78, 5) is 36.6. The van der Waals surface area contributed by atoms with Gasteiger partial charge in [-0.25, -0.2) is 4.98 Å². The first-order valence-electron chi connectivity index (χ1n) is 13.2. The highest BCUT2D eigenvalue weighted by molar-refractivity contribution is 6.51. The summed E-state index contributed by atoms with van der Waals surface area (Å²) < 4.78 is 11.0. The van der Waals surface area contributed by atoms with Crippen molar-refractivity contribution in [2.75, 3.05) is 19.1 Å². The molecule has 8 heteroatoms. The molecule has 0 radical (unpaired) electrons. The van der Waals surface area contributed by atoms with Crippen LogP contribution in [0.15, 0.2) is 54.1 Å². The number of imidazole rings is 1. The minimum atomic E-state index is -0.943. The van der Waals surface area contributed by atoms with E-state index >= 15 is 0 Å². The van der Waals surface area contributed by atoms with Crippen molar-refractivity contribution in [2.45, 2.75) is 46.6 Å². The number of methoxy groups -OCH3 is 2. The van der Waals surface area contributed by atoms with Gasteiger partial charge in [0.25, 0.3) is 5.78 Å². The topological polar surface area (TPSA) is 105 Å². The van der Waals surface area contributed by atoms with Crippen molar-refractivity contribution < 1.29 is 24.2 Å². The third-order valence-corrected chi connectivity index (χ3v) is 7.62. The molecule has 1 atom stereocenters. The first kappa shape index (κ1) is 27.0. The number of anilines is 1. The van der Waals surface area contributed by atoms with E-state index in [1.54, 1.807) is 38.5 Å². The molecule has 4 aromatic rings. The van der Waals surface area contributed by atoms with Gasteiger partial charge in [-0.1, -0.05) is 26.0 Å². The average Bonchev–Trinajstić information content (AvgIpc) is 3.45. The number of nitrogens with one attached hydrogen (secondary N) is 1. The molecule has 1 aliphatic heterocycles. The number of rotatable bonds is 6. The lowest BCUT2D eigenvalue weighted by Crippen LogP contribution is -2.30. The van der Waals surface area contributed by atoms with Gasteiger partial charge in [0.2, 0.25) is 5.95 Å². The molecule has 40 heavy (non-hydrogen) atoms. The Morgan fingerprint density at radius 1 is 0.975 bits per heavy atom. The molecular weight excluding hydrogens is 506 g/mol. The molecule has 0 saturated carbocycles. The molecular formula is C32H33N3O5. The quantitative estimate of drug-likeness (QED) is 0.170. The Hall–Kier alpha value is -4.59. The molecule has 1 aromatic heterocycles. The third kappa shape index (κ3) is 4.39. The maximum atomic E-state index is 13.7. The Morgan fingerprint density at radius 2 is 1.70 bits per heavy atom. The standard InChI is InChI=1S/C32H33N3O5/c1-16(2)22-15-23(19(5)13-26(22)40-7)29(36)27-28(20-9-8-10-21(14-20)39-6)35(31(38)30(27)37)32-33-24-11-17(3)18(4)12-25(24)34-32/h8-16,28,36H,1-7H3,(H,33,34)/b29-27+. The van der Waals surface area contributed by atoms with Crippen molar-refractivity contribution in [2.24, 2.45) is 0 Å². The first-order chi connectivity index (χ1) is 19.0. The number of hydrogen-bond donors (Lipinski definition) is 2. The maximum Gasteiger partial charge on any atom is 0.302 e. The highest BCUT2D eigenvalue weighted by Gasteiger charge is 2.48. The monoisotopic (exact) mass is 539 g/mol. The van der Waals surface area contributed by atoms with Crippen LogP contribution in [-0.4, -0.2) is 41.0 Å². The summed E-state index contributed by atoms with van der Waals surface area (Å²) >= 11 is 0. The van der Waals surface area contributed by atoms with Crippen LogP contribution in [0, 0.1) is 20.8 Å². The molecule has 1 amide bonds. The number of aliphatic hydroxyl groups is 1. The number of hydrogen-bond acceptors (Lipinski definition) is 6. The van der Waals surface area contributed by atoms with Gasteiger partial charge >= 0.3 is 5.91 Å². The van der Waals surface area contributed by atoms with Crippen molar-refractivity contribution in [3.05, 3.63) is 87.5 Å². The number of aromatic amines is 1. The van der Waals surface area contributed by atoms with Crippen LogP contribution in [0.5, 0.6) is 11.5 Å². The lowest BCUT2D eigenvalue weighted by molar-refractivity contribution is -0.132. The number of ketones is 1. The van der Waals surface area contributed by atoms with Crippen LogP contribution in [0.4, 0.5) is 5.95 Å². The minimum absolute atomic E-state index is 0.0194. The van der Waals surface area contributed by atoms with Crippen LogP contribution in [0.2, 0.25) is 0 Å². The summed E-state index contributed by atoms with van der Waals surface area (Å²) in [6.07, 6.45) is 0. The molecule has 3 aromatic carbocycles. The fraction of sp³-hybridized carbons (Fsp3) is 0.281. The Labute approximate surface area is 233 Å². The number of nitrogens with zero attached hydrogens (tertiary/aromatic N) is 2. The summed E-state index contributed by atoms with van der Waals surface area (Å²) in [6.45, 7) is 9.88. The van der Waals surface area contributed by atoms with Crippen LogP contribution in [0.3, 0.4) is 0 Å². The van der Waals surface area contributed by atoms with Crippen LogP contribution < -0.4 is 14.4 Å². The van der Waals surface area contributed by atoms with Crippen LogP contribution in [-0.2, 0) is 9.59 Å². The van der Waals surface area contributed by atoms with Crippen LogP contribution in [0.1, 0.15) is 59.2 Å². The number of aryl methyl sites for hydroxylation is 3. The number of aromatic nitrogens is 2. The molecule has 1 saturated heterocycles. The summed E-state index contributed by atoms with van der Waals surface area (Å²) in [5.41, 5.74) is 6.20. The smallest absolute Gasteiger partial charge is 0.302 e. The second-order valence-corrected chi connectivity index (χ2v) is 10.5. The number of benzene rings is 3. The summed E-state index contributed by atoms with van der Waals surface area (Å²) in [6, 6.07) is 13.8. The van der Waals surface area contributed by atoms with Crippen molar-refractivity contribution >= 4 is 34.4 Å². The molecule has 0 spiro atoms. The molecule has 1 aliphatic rings. The lowest BCUT2D eigenvalue weighted by Gasteiger charge is -2.24. The van der Waals surface area contributed by atoms with E-state index in [1.807, 2.05) is 58.9 Å². The molecule has 206 valence electrons. The van der Waals surface area contributed by atoms with Crippen molar-refractivity contribution in [3.8, 4) is 11.5 Å². The minimum Gasteiger partial charge on any atom is -0.507 e. The molecule has 1 unspecified atom stereocenters. The van der Waals surface area contributed by atoms with Gasteiger partial charge in [-0.2, -0.15) is 0 Å². The van der Waals surface area contributed by atoms with E-state index in [2.05, 4.69) is 9.97 Å². The lowest BCUT2D eigenvalue weighted by atomic mass is 9.91. The van der Waals surface area contributed by atoms with E-state index in [4.69, 9.17) is 9.47 Å². The normalized spacial score (nSPS) is 16.8. The van der Waals surface area contributed by atoms with Crippen molar-refractivity contribution in [3.63, 3.8) is 0 Å². The zero-order valence-electron chi connectivity index (χ0n) is 23.7. The second-order valence-electron chi connectivity index (χ2n) is 10.5. The van der Waals surface area contributed by atoms with Gasteiger partial charge in [0.05, 0.1) is 36.9 Å². The number of Topliss-reactive ketones (excluding diaryl/α,β-unsaturated/α-hetero) is 1. The maximum absolute atomic E-state index is 13.7. The van der Waals surface area contributed by atoms with Gasteiger partial charge in [-0.15, -0.1) is 0 Å². The fourth-order valence-corrected chi connectivity index (χ4v) is 5.27. The van der Waals surface area contributed by atoms with E-state index in [9.17, 15) is 14.7 Å². The molecule has 0 bridgehead atoms. The Balaban J connectivity index is 1.77. The van der Waals surface area contributed by atoms with E-state index in [1.165, 1.54) is 4.90 Å². The van der Waals surface area contributed by atoms with Gasteiger partial charge in [-0.05, 0) is 90.9 Å². The molecule has 1 fully saturated rings. The summed E-state index contributed by atoms with van der Waals surface area (Å²) in [5.74, 6) is -0.247. The van der Waals surface area contributed by atoms with Gasteiger partial charge in [0.15, 0.2) is 0 Å². The number of fused-ring (bicyclic) bond motifs is 1.